The molecule has 0 radical (unpaired) electrons. The Morgan fingerprint density at radius 3 is 2.95 bits per heavy atom. The van der Waals surface area contributed by atoms with Crippen LogP contribution in [0.3, 0.4) is 0 Å². The van der Waals surface area contributed by atoms with Crippen LogP contribution in [0.4, 0.5) is 0 Å². The van der Waals surface area contributed by atoms with Crippen LogP contribution in [-0.2, 0) is 6.42 Å². The minimum absolute atomic E-state index is 0.128. The van der Waals surface area contributed by atoms with Gasteiger partial charge in [-0.3, -0.25) is 0 Å². The minimum Gasteiger partial charge on any atom is -0.497 e. The van der Waals surface area contributed by atoms with Gasteiger partial charge in [0.2, 0.25) is 0 Å². The van der Waals surface area contributed by atoms with Crippen molar-refractivity contribution in [1.29, 1.82) is 0 Å². The Bertz CT molecular complexity index is 557. The second-order valence-electron chi connectivity index (χ2n) is 6.33. The van der Waals surface area contributed by atoms with Crippen molar-refractivity contribution >= 4 is 0 Å². The lowest BCUT2D eigenvalue weighted by atomic mass is 9.67. The summed E-state index contributed by atoms with van der Waals surface area (Å²) in [5.74, 6) is 3.88. The van der Waals surface area contributed by atoms with E-state index in [9.17, 15) is 5.11 Å². The maximum Gasteiger partial charge on any atom is 0.126 e. The highest BCUT2D eigenvalue weighted by Gasteiger charge is 2.52. The molecule has 19 heavy (non-hydrogen) atoms. The summed E-state index contributed by atoms with van der Waals surface area (Å²) in [4.78, 5) is 0. The van der Waals surface area contributed by atoms with Crippen LogP contribution in [0.25, 0.3) is 0 Å². The predicted molar refractivity (Wildman–Crippen MR) is 75.2 cm³/mol. The van der Waals surface area contributed by atoms with Crippen LogP contribution in [0.1, 0.15) is 43.2 Å². The van der Waals surface area contributed by atoms with Gasteiger partial charge in [0.25, 0.3) is 0 Å². The number of terminal acetylenes is 1. The van der Waals surface area contributed by atoms with Crippen molar-refractivity contribution in [1.82, 2.24) is 0 Å². The minimum atomic E-state index is -0.930. The topological polar surface area (TPSA) is 29.5 Å². The highest BCUT2D eigenvalue weighted by molar-refractivity contribution is 5.43. The number of aliphatic hydroxyl groups is 1. The molecule has 1 aromatic carbocycles. The Hall–Kier alpha value is -1.46. The van der Waals surface area contributed by atoms with E-state index in [1.165, 1.54) is 11.1 Å². The van der Waals surface area contributed by atoms with Crippen LogP contribution < -0.4 is 4.74 Å². The van der Waals surface area contributed by atoms with Crippen molar-refractivity contribution in [3.63, 3.8) is 0 Å². The Morgan fingerprint density at radius 2 is 2.26 bits per heavy atom. The third-order valence-electron chi connectivity index (χ3n) is 5.04. The third kappa shape index (κ3) is 1.84. The normalized spacial score (nSPS) is 36.2. The second-order valence-corrected chi connectivity index (χ2v) is 6.33. The summed E-state index contributed by atoms with van der Waals surface area (Å²) in [6.45, 7) is 2.26. The zero-order valence-corrected chi connectivity index (χ0v) is 11.6. The average Bonchev–Trinajstić information content (AvgIpc) is 2.70. The maximum absolute atomic E-state index is 10.5. The molecule has 0 bridgehead atoms. The lowest BCUT2D eigenvalue weighted by molar-refractivity contribution is 0.0932. The Balaban J connectivity index is 2.04. The molecule has 2 heteroatoms. The van der Waals surface area contributed by atoms with E-state index in [0.29, 0.717) is 18.8 Å². The molecular formula is C17H20O2. The smallest absolute Gasteiger partial charge is 0.126 e. The van der Waals surface area contributed by atoms with E-state index in [2.05, 4.69) is 25.0 Å². The molecule has 100 valence electrons. The molecule has 0 aromatic heterocycles. The van der Waals surface area contributed by atoms with Gasteiger partial charge in [0, 0.05) is 0 Å². The predicted octanol–water partition coefficient (Wildman–Crippen LogP) is 2.89. The molecule has 3 atom stereocenters. The zero-order chi connectivity index (χ0) is 13.7. The summed E-state index contributed by atoms with van der Waals surface area (Å²) >= 11 is 0. The summed E-state index contributed by atoms with van der Waals surface area (Å²) in [6.07, 6.45) is 9.05. The molecule has 2 aliphatic rings. The Labute approximate surface area is 114 Å². The van der Waals surface area contributed by atoms with Crippen LogP contribution in [0.2, 0.25) is 0 Å². The van der Waals surface area contributed by atoms with Gasteiger partial charge >= 0.3 is 0 Å². The van der Waals surface area contributed by atoms with Gasteiger partial charge in [-0.25, -0.2) is 0 Å². The van der Waals surface area contributed by atoms with Crippen LogP contribution in [0.5, 0.6) is 5.75 Å². The molecule has 3 rings (SSSR count). The fourth-order valence-electron chi connectivity index (χ4n) is 3.99. The first-order chi connectivity index (χ1) is 9.00. The number of benzene rings is 1. The molecule has 1 fully saturated rings. The van der Waals surface area contributed by atoms with Crippen LogP contribution in [-0.4, -0.2) is 17.8 Å². The SMILES string of the molecule is C#C[C@@]1(O)C[C@H]2c3ccc(OC)cc3CC[C@@]2(C)C1. The first-order valence-corrected chi connectivity index (χ1v) is 6.87. The van der Waals surface area contributed by atoms with E-state index in [1.807, 2.05) is 6.07 Å². The average molecular weight is 256 g/mol. The quantitative estimate of drug-likeness (QED) is 0.783. The van der Waals surface area contributed by atoms with E-state index < -0.39 is 5.60 Å². The first kappa shape index (κ1) is 12.6. The van der Waals surface area contributed by atoms with Crippen LogP contribution in [0, 0.1) is 17.8 Å². The summed E-state index contributed by atoms with van der Waals surface area (Å²) in [7, 11) is 1.70. The molecule has 1 N–H and O–H groups in total. The number of hydrogen-bond acceptors (Lipinski definition) is 2. The highest BCUT2D eigenvalue weighted by Crippen LogP contribution is 2.58. The Morgan fingerprint density at radius 1 is 1.47 bits per heavy atom. The molecular weight excluding hydrogens is 236 g/mol. The summed E-state index contributed by atoms with van der Waals surface area (Å²) in [6, 6.07) is 6.29. The lowest BCUT2D eigenvalue weighted by Gasteiger charge is -2.37. The largest absolute Gasteiger partial charge is 0.497 e. The number of methoxy groups -OCH3 is 1. The molecule has 2 aliphatic carbocycles. The van der Waals surface area contributed by atoms with Gasteiger partial charge in [-0.1, -0.05) is 18.9 Å². The molecule has 0 heterocycles. The van der Waals surface area contributed by atoms with Crippen LogP contribution in [0.15, 0.2) is 18.2 Å². The van der Waals surface area contributed by atoms with E-state index in [4.69, 9.17) is 11.2 Å². The van der Waals surface area contributed by atoms with Crippen molar-refractivity contribution in [2.24, 2.45) is 5.41 Å². The van der Waals surface area contributed by atoms with Crippen molar-refractivity contribution in [2.45, 2.75) is 44.1 Å². The van der Waals surface area contributed by atoms with Gasteiger partial charge in [0.05, 0.1) is 7.11 Å². The summed E-state index contributed by atoms with van der Waals surface area (Å²) in [5, 5.41) is 10.5. The summed E-state index contributed by atoms with van der Waals surface area (Å²) < 4.78 is 5.30. The van der Waals surface area contributed by atoms with Crippen molar-refractivity contribution in [3.05, 3.63) is 29.3 Å². The molecule has 0 unspecified atom stereocenters. The van der Waals surface area contributed by atoms with E-state index in [0.717, 1.165) is 18.6 Å². The van der Waals surface area contributed by atoms with E-state index >= 15 is 0 Å². The Kier molecular flexibility index (Phi) is 2.66. The van der Waals surface area contributed by atoms with Crippen molar-refractivity contribution in [2.75, 3.05) is 7.11 Å². The first-order valence-electron chi connectivity index (χ1n) is 6.87. The molecule has 2 nitrogen and oxygen atoms in total. The highest BCUT2D eigenvalue weighted by atomic mass is 16.5. The molecule has 0 amide bonds. The molecule has 1 saturated carbocycles. The van der Waals surface area contributed by atoms with Crippen LogP contribution >= 0.6 is 0 Å². The maximum atomic E-state index is 10.5. The standard InChI is InChI=1S/C17H20O2/c1-4-17(18)10-15-14-6-5-13(19-3)9-12(14)7-8-16(15,2)11-17/h1,5-6,9,15,18H,7-8,10-11H2,2-3H3/t15-,16-,17+/m0/s1. The van der Waals surface area contributed by atoms with Crippen molar-refractivity contribution in [3.8, 4) is 18.1 Å². The van der Waals surface area contributed by atoms with Gasteiger partial charge in [0.15, 0.2) is 0 Å². The summed E-state index contributed by atoms with van der Waals surface area (Å²) in [5.41, 5.74) is 1.90. The number of ether oxygens (including phenoxy) is 1. The molecule has 0 spiro atoms. The number of rotatable bonds is 1. The van der Waals surface area contributed by atoms with E-state index in [1.54, 1.807) is 7.11 Å². The third-order valence-corrected chi connectivity index (χ3v) is 5.04. The number of hydrogen-bond donors (Lipinski definition) is 1. The zero-order valence-electron chi connectivity index (χ0n) is 11.6. The monoisotopic (exact) mass is 256 g/mol. The fourth-order valence-corrected chi connectivity index (χ4v) is 3.99. The fraction of sp³-hybridized carbons (Fsp3) is 0.529. The molecule has 1 aromatic rings. The number of fused-ring (bicyclic) bond motifs is 3. The van der Waals surface area contributed by atoms with Gasteiger partial charge in [-0.15, -0.1) is 6.42 Å². The lowest BCUT2D eigenvalue weighted by Crippen LogP contribution is -2.27. The van der Waals surface area contributed by atoms with Gasteiger partial charge in [0.1, 0.15) is 11.4 Å². The second kappa shape index (κ2) is 4.02. The number of aryl methyl sites for hydroxylation is 1. The molecule has 0 aliphatic heterocycles. The van der Waals surface area contributed by atoms with Gasteiger partial charge in [-0.05, 0) is 60.3 Å². The van der Waals surface area contributed by atoms with E-state index in [-0.39, 0.29) is 5.41 Å². The van der Waals surface area contributed by atoms with Crippen molar-refractivity contribution < 1.29 is 9.84 Å². The van der Waals surface area contributed by atoms with Gasteiger partial charge < -0.3 is 9.84 Å². The van der Waals surface area contributed by atoms with Gasteiger partial charge in [-0.2, -0.15) is 0 Å². The molecule has 0 saturated heterocycles.